The molecule has 0 aliphatic heterocycles. The number of aromatic carboxylic acids is 1. The van der Waals surface area contributed by atoms with Crippen molar-refractivity contribution >= 4 is 45.8 Å². The molecular weight excluding hydrogens is 292 g/mol. The van der Waals surface area contributed by atoms with Crippen LogP contribution in [-0.4, -0.2) is 11.1 Å². The smallest absolute Gasteiger partial charge is 0.337 e. The van der Waals surface area contributed by atoms with Crippen molar-refractivity contribution < 1.29 is 9.90 Å². The van der Waals surface area contributed by atoms with Gasteiger partial charge in [-0.2, -0.15) is 0 Å². The fourth-order valence-electron chi connectivity index (χ4n) is 0.726. The Hall–Kier alpha value is -0.490. The Labute approximate surface area is 87.7 Å². The van der Waals surface area contributed by atoms with Crippen LogP contribution in [-0.2, 0) is 0 Å². The number of nitrogens with two attached hydrogens (primary N) is 1. The number of anilines is 1. The average Bonchev–Trinajstić information content (AvgIpc) is 1.96. The van der Waals surface area contributed by atoms with Gasteiger partial charge in [-0.3, -0.25) is 0 Å². The highest BCUT2D eigenvalue weighted by atomic mass is 127. The van der Waals surface area contributed by atoms with Gasteiger partial charge in [-0.1, -0.05) is 11.6 Å². The fourth-order valence-corrected chi connectivity index (χ4v) is 1.45. The number of hydrogen-bond acceptors (Lipinski definition) is 2. The number of hydrogen-bond donors (Lipinski definition) is 2. The molecule has 0 spiro atoms. The molecule has 0 radical (unpaired) electrons. The van der Waals surface area contributed by atoms with Crippen LogP contribution >= 0.6 is 34.2 Å². The maximum atomic E-state index is 10.6. The highest BCUT2D eigenvalue weighted by Gasteiger charge is 2.10. The Morgan fingerprint density at radius 3 is 2.67 bits per heavy atom. The molecule has 0 amide bonds. The lowest BCUT2D eigenvalue weighted by Gasteiger charge is -2.02. The third kappa shape index (κ3) is 1.81. The molecule has 0 atom stereocenters. The summed E-state index contributed by atoms with van der Waals surface area (Å²) in [7, 11) is 0. The topological polar surface area (TPSA) is 63.3 Å². The molecule has 1 rings (SSSR count). The molecule has 0 aromatic heterocycles. The van der Waals surface area contributed by atoms with Gasteiger partial charge in [0.2, 0.25) is 0 Å². The van der Waals surface area contributed by atoms with E-state index in [-0.39, 0.29) is 10.6 Å². The first-order valence-electron chi connectivity index (χ1n) is 3.00. The lowest BCUT2D eigenvalue weighted by atomic mass is 10.2. The minimum atomic E-state index is -1.04. The molecule has 0 aliphatic carbocycles. The first-order valence-corrected chi connectivity index (χ1v) is 4.46. The molecule has 5 heteroatoms. The Morgan fingerprint density at radius 2 is 2.17 bits per heavy atom. The van der Waals surface area contributed by atoms with E-state index in [1.807, 2.05) is 22.6 Å². The maximum absolute atomic E-state index is 10.6. The Morgan fingerprint density at radius 1 is 1.58 bits per heavy atom. The number of carboxylic acids is 1. The predicted molar refractivity (Wildman–Crippen MR) is 55.5 cm³/mol. The van der Waals surface area contributed by atoms with E-state index in [4.69, 9.17) is 22.4 Å². The van der Waals surface area contributed by atoms with Gasteiger partial charge < -0.3 is 10.8 Å². The number of carbonyl (C=O) groups is 1. The lowest BCUT2D eigenvalue weighted by Crippen LogP contribution is -2.00. The molecule has 0 saturated heterocycles. The van der Waals surface area contributed by atoms with Gasteiger partial charge in [-0.15, -0.1) is 0 Å². The highest BCUT2D eigenvalue weighted by molar-refractivity contribution is 14.1. The van der Waals surface area contributed by atoms with Crippen molar-refractivity contribution in [2.75, 3.05) is 5.73 Å². The van der Waals surface area contributed by atoms with Crippen molar-refractivity contribution in [1.29, 1.82) is 0 Å². The Bertz CT molecular complexity index is 340. The number of benzene rings is 1. The van der Waals surface area contributed by atoms with Crippen LogP contribution in [0.15, 0.2) is 12.1 Å². The summed E-state index contributed by atoms with van der Waals surface area (Å²) in [6.45, 7) is 0. The average molecular weight is 297 g/mol. The van der Waals surface area contributed by atoms with Crippen LogP contribution < -0.4 is 5.73 Å². The van der Waals surface area contributed by atoms with Crippen molar-refractivity contribution in [3.05, 3.63) is 26.3 Å². The zero-order valence-corrected chi connectivity index (χ0v) is 8.76. The molecule has 1 aromatic rings. The van der Waals surface area contributed by atoms with Crippen LogP contribution in [0.1, 0.15) is 10.4 Å². The van der Waals surface area contributed by atoms with Gasteiger partial charge in [-0.05, 0) is 34.7 Å². The van der Waals surface area contributed by atoms with Crippen molar-refractivity contribution in [2.45, 2.75) is 0 Å². The summed E-state index contributed by atoms with van der Waals surface area (Å²) in [5, 5.41) is 8.82. The molecule has 0 bridgehead atoms. The molecule has 0 heterocycles. The van der Waals surface area contributed by atoms with Gasteiger partial charge in [-0.25, -0.2) is 4.79 Å². The largest absolute Gasteiger partial charge is 0.478 e. The summed E-state index contributed by atoms with van der Waals surface area (Å²) in [4.78, 5) is 10.6. The second-order valence-corrected chi connectivity index (χ2v) is 3.73. The molecule has 3 nitrogen and oxygen atoms in total. The number of carboxylic acid groups (broad SMARTS) is 1. The van der Waals surface area contributed by atoms with Crippen LogP contribution in [0.25, 0.3) is 0 Å². The highest BCUT2D eigenvalue weighted by Crippen LogP contribution is 2.24. The molecular formula is C7H5ClINO2. The molecule has 0 unspecified atom stereocenters. The molecule has 0 aliphatic rings. The van der Waals surface area contributed by atoms with Gasteiger partial charge in [0.05, 0.1) is 10.6 Å². The zero-order valence-electron chi connectivity index (χ0n) is 5.84. The van der Waals surface area contributed by atoms with Crippen molar-refractivity contribution in [1.82, 2.24) is 0 Å². The predicted octanol–water partition coefficient (Wildman–Crippen LogP) is 2.22. The molecule has 0 fully saturated rings. The van der Waals surface area contributed by atoms with Crippen molar-refractivity contribution in [3.63, 3.8) is 0 Å². The van der Waals surface area contributed by atoms with Crippen LogP contribution in [0.4, 0.5) is 5.69 Å². The SMILES string of the molecule is Nc1cc(Cl)c(C(=O)O)cc1I. The summed E-state index contributed by atoms with van der Waals surface area (Å²) in [5.74, 6) is -1.04. The summed E-state index contributed by atoms with van der Waals surface area (Å²) >= 11 is 7.59. The monoisotopic (exact) mass is 297 g/mol. The van der Waals surface area contributed by atoms with E-state index < -0.39 is 5.97 Å². The van der Waals surface area contributed by atoms with E-state index >= 15 is 0 Å². The normalized spacial score (nSPS) is 9.83. The van der Waals surface area contributed by atoms with E-state index in [0.29, 0.717) is 9.26 Å². The van der Waals surface area contributed by atoms with E-state index in [0.717, 1.165) is 0 Å². The van der Waals surface area contributed by atoms with Crippen LogP contribution in [0.5, 0.6) is 0 Å². The molecule has 3 N–H and O–H groups in total. The molecule has 64 valence electrons. The maximum Gasteiger partial charge on any atom is 0.337 e. The third-order valence-corrected chi connectivity index (χ3v) is 2.56. The van der Waals surface area contributed by atoms with Gasteiger partial charge in [0.25, 0.3) is 0 Å². The van der Waals surface area contributed by atoms with Crippen molar-refractivity contribution in [2.24, 2.45) is 0 Å². The minimum Gasteiger partial charge on any atom is -0.478 e. The minimum absolute atomic E-state index is 0.0790. The summed E-state index contributed by atoms with van der Waals surface area (Å²) in [6, 6.07) is 2.88. The number of halogens is 2. The van der Waals surface area contributed by atoms with Gasteiger partial charge in [0, 0.05) is 9.26 Å². The molecule has 12 heavy (non-hydrogen) atoms. The van der Waals surface area contributed by atoms with Crippen molar-refractivity contribution in [3.8, 4) is 0 Å². The van der Waals surface area contributed by atoms with Gasteiger partial charge >= 0.3 is 5.97 Å². The summed E-state index contributed by atoms with van der Waals surface area (Å²) in [5.41, 5.74) is 6.08. The fraction of sp³-hybridized carbons (Fsp3) is 0. The second-order valence-electron chi connectivity index (χ2n) is 2.16. The number of rotatable bonds is 1. The lowest BCUT2D eigenvalue weighted by molar-refractivity contribution is 0.0697. The van der Waals surface area contributed by atoms with E-state index in [2.05, 4.69) is 0 Å². The third-order valence-electron chi connectivity index (χ3n) is 1.32. The van der Waals surface area contributed by atoms with E-state index in [1.54, 1.807) is 0 Å². The van der Waals surface area contributed by atoms with Gasteiger partial charge in [0.1, 0.15) is 0 Å². The summed E-state index contributed by atoms with van der Waals surface area (Å²) < 4.78 is 0.689. The second kappa shape index (κ2) is 3.49. The molecule has 0 saturated carbocycles. The summed E-state index contributed by atoms with van der Waals surface area (Å²) in [6.07, 6.45) is 0. The van der Waals surface area contributed by atoms with Crippen LogP contribution in [0.3, 0.4) is 0 Å². The van der Waals surface area contributed by atoms with Gasteiger partial charge in [0.15, 0.2) is 0 Å². The van der Waals surface area contributed by atoms with Crippen LogP contribution in [0.2, 0.25) is 5.02 Å². The van der Waals surface area contributed by atoms with E-state index in [1.165, 1.54) is 12.1 Å². The zero-order chi connectivity index (χ0) is 9.30. The Balaban J connectivity index is 3.33. The standard InChI is InChI=1S/C7H5ClINO2/c8-4-2-6(10)5(9)1-3(4)7(11)12/h1-2H,10H2,(H,11,12). The Kier molecular flexibility index (Phi) is 2.79. The number of nitrogen functional groups attached to an aromatic ring is 1. The molecule has 1 aromatic carbocycles. The van der Waals surface area contributed by atoms with Crippen LogP contribution in [0, 0.1) is 3.57 Å². The van der Waals surface area contributed by atoms with E-state index in [9.17, 15) is 4.79 Å². The first kappa shape index (κ1) is 9.60. The quantitative estimate of drug-likeness (QED) is 0.617. The first-order chi connectivity index (χ1) is 5.52.